The zero-order chi connectivity index (χ0) is 16.1. The van der Waals surface area contributed by atoms with Crippen LogP contribution in [-0.2, 0) is 9.53 Å². The molecule has 1 atom stereocenters. The number of rotatable bonds is 6. The third kappa shape index (κ3) is 4.78. The Hall–Kier alpha value is -1.47. The number of halogens is 2. The molecule has 1 fully saturated rings. The van der Waals surface area contributed by atoms with Gasteiger partial charge in [-0.2, -0.15) is 0 Å². The lowest BCUT2D eigenvalue weighted by atomic mass is 10.1. The van der Waals surface area contributed by atoms with Crippen LogP contribution in [0.5, 0.6) is 0 Å². The fourth-order valence-corrected chi connectivity index (χ4v) is 2.87. The number of ether oxygens (including phenoxy) is 1. The molecule has 5 nitrogen and oxygen atoms in total. The highest BCUT2D eigenvalue weighted by Gasteiger charge is 2.24. The average molecular weight is 374 g/mol. The van der Waals surface area contributed by atoms with E-state index < -0.39 is 17.7 Å². The van der Waals surface area contributed by atoms with Gasteiger partial charge in [-0.05, 0) is 31.0 Å². The Bertz CT molecular complexity index is 540. The largest absolute Gasteiger partial charge is 0.481 e. The van der Waals surface area contributed by atoms with E-state index >= 15 is 0 Å². The molecule has 1 N–H and O–H groups in total. The molecule has 0 radical (unpaired) electrons. The quantitative estimate of drug-likeness (QED) is 0.832. The summed E-state index contributed by atoms with van der Waals surface area (Å²) in [4.78, 5) is 24.7. The van der Waals surface area contributed by atoms with Gasteiger partial charge < -0.3 is 14.7 Å². The molecule has 1 aliphatic rings. The van der Waals surface area contributed by atoms with Gasteiger partial charge in [-0.3, -0.25) is 9.59 Å². The second-order valence-corrected chi connectivity index (χ2v) is 6.10. The van der Waals surface area contributed by atoms with Crippen molar-refractivity contribution in [2.24, 2.45) is 0 Å². The zero-order valence-corrected chi connectivity index (χ0v) is 13.5. The summed E-state index contributed by atoms with van der Waals surface area (Å²) >= 11 is 3.15. The molecular formula is C15H17BrFNO4. The first-order chi connectivity index (χ1) is 10.5. The molecule has 0 aliphatic carbocycles. The van der Waals surface area contributed by atoms with E-state index in [0.29, 0.717) is 17.6 Å². The van der Waals surface area contributed by atoms with E-state index in [9.17, 15) is 14.0 Å². The molecule has 0 bridgehead atoms. The van der Waals surface area contributed by atoms with Crippen molar-refractivity contribution in [2.45, 2.75) is 25.4 Å². The monoisotopic (exact) mass is 373 g/mol. The normalized spacial score (nSPS) is 17.5. The van der Waals surface area contributed by atoms with Gasteiger partial charge in [-0.15, -0.1) is 0 Å². The number of aliphatic carboxylic acids is 1. The van der Waals surface area contributed by atoms with E-state index in [-0.39, 0.29) is 24.6 Å². The van der Waals surface area contributed by atoms with Crippen molar-refractivity contribution >= 4 is 27.8 Å². The van der Waals surface area contributed by atoms with Gasteiger partial charge in [0.2, 0.25) is 0 Å². The molecule has 1 heterocycles. The summed E-state index contributed by atoms with van der Waals surface area (Å²) in [5, 5.41) is 8.83. The number of carboxylic acids is 1. The summed E-state index contributed by atoms with van der Waals surface area (Å²) in [6.07, 6.45) is 1.52. The van der Waals surface area contributed by atoms with Crippen molar-refractivity contribution in [3.05, 3.63) is 34.1 Å². The second-order valence-electron chi connectivity index (χ2n) is 5.19. The molecule has 120 valence electrons. The van der Waals surface area contributed by atoms with Gasteiger partial charge in [0.05, 0.1) is 12.5 Å². The molecule has 0 unspecified atom stereocenters. The zero-order valence-electron chi connectivity index (χ0n) is 11.9. The SMILES string of the molecule is O=C(O)CCN(C[C@H]1CCCO1)C(=O)c1cc(F)cc(Br)c1. The van der Waals surface area contributed by atoms with Crippen LogP contribution in [0.4, 0.5) is 4.39 Å². The number of benzene rings is 1. The number of nitrogens with zero attached hydrogens (tertiary/aromatic N) is 1. The van der Waals surface area contributed by atoms with E-state index in [2.05, 4.69) is 15.9 Å². The van der Waals surface area contributed by atoms with Crippen LogP contribution in [0.2, 0.25) is 0 Å². The molecule has 0 aromatic heterocycles. The summed E-state index contributed by atoms with van der Waals surface area (Å²) < 4.78 is 19.4. The van der Waals surface area contributed by atoms with Crippen molar-refractivity contribution in [2.75, 3.05) is 19.7 Å². The molecule has 1 aromatic rings. The van der Waals surface area contributed by atoms with Crippen LogP contribution in [0.15, 0.2) is 22.7 Å². The van der Waals surface area contributed by atoms with E-state index in [4.69, 9.17) is 9.84 Å². The van der Waals surface area contributed by atoms with E-state index in [0.717, 1.165) is 18.9 Å². The molecule has 7 heteroatoms. The highest BCUT2D eigenvalue weighted by Crippen LogP contribution is 2.19. The lowest BCUT2D eigenvalue weighted by Crippen LogP contribution is -2.38. The fourth-order valence-electron chi connectivity index (χ4n) is 2.40. The first-order valence-corrected chi connectivity index (χ1v) is 7.84. The van der Waals surface area contributed by atoms with Crippen LogP contribution in [0.25, 0.3) is 0 Å². The number of hydrogen-bond acceptors (Lipinski definition) is 3. The minimum absolute atomic E-state index is 0.0716. The molecule has 1 aliphatic heterocycles. The average Bonchev–Trinajstić information content (AvgIpc) is 2.94. The molecule has 0 spiro atoms. The highest BCUT2D eigenvalue weighted by molar-refractivity contribution is 9.10. The third-order valence-electron chi connectivity index (χ3n) is 3.44. The molecule has 1 amide bonds. The predicted octanol–water partition coefficient (Wildman–Crippen LogP) is 2.68. The molecule has 2 rings (SSSR count). The van der Waals surface area contributed by atoms with Gasteiger partial charge >= 0.3 is 5.97 Å². The maximum Gasteiger partial charge on any atom is 0.305 e. The fraction of sp³-hybridized carbons (Fsp3) is 0.467. The topological polar surface area (TPSA) is 66.8 Å². The Labute approximate surface area is 136 Å². The molecule has 22 heavy (non-hydrogen) atoms. The van der Waals surface area contributed by atoms with E-state index in [1.807, 2.05) is 0 Å². The number of carbonyl (C=O) groups excluding carboxylic acids is 1. The smallest absolute Gasteiger partial charge is 0.305 e. The summed E-state index contributed by atoms with van der Waals surface area (Å²) in [5.74, 6) is -1.89. The summed E-state index contributed by atoms with van der Waals surface area (Å²) in [5.41, 5.74) is 0.190. The standard InChI is InChI=1S/C15H17BrFNO4/c16-11-6-10(7-12(17)8-11)15(21)18(4-3-14(19)20)9-13-2-1-5-22-13/h6-8,13H,1-5,9H2,(H,19,20)/t13-/m1/s1. The van der Waals surface area contributed by atoms with Crippen molar-refractivity contribution in [3.8, 4) is 0 Å². The molecular weight excluding hydrogens is 357 g/mol. The Morgan fingerprint density at radius 1 is 1.41 bits per heavy atom. The van der Waals surface area contributed by atoms with Gasteiger partial charge in [0.1, 0.15) is 5.82 Å². The van der Waals surface area contributed by atoms with Crippen LogP contribution < -0.4 is 0 Å². The number of carboxylic acid groups (broad SMARTS) is 1. The van der Waals surface area contributed by atoms with Crippen LogP contribution in [0, 0.1) is 5.82 Å². The Kier molecular flexibility index (Phi) is 5.90. The van der Waals surface area contributed by atoms with Crippen LogP contribution in [0.1, 0.15) is 29.6 Å². The van der Waals surface area contributed by atoms with E-state index in [1.165, 1.54) is 17.0 Å². The maximum absolute atomic E-state index is 13.5. The first kappa shape index (κ1) is 16.9. The lowest BCUT2D eigenvalue weighted by Gasteiger charge is -2.25. The second kappa shape index (κ2) is 7.69. The van der Waals surface area contributed by atoms with Gasteiger partial charge in [0.15, 0.2) is 0 Å². The van der Waals surface area contributed by atoms with Gasteiger partial charge in [-0.1, -0.05) is 15.9 Å². The summed E-state index contributed by atoms with van der Waals surface area (Å²) in [6.45, 7) is 1.04. The maximum atomic E-state index is 13.5. The predicted molar refractivity (Wildman–Crippen MR) is 81.2 cm³/mol. The van der Waals surface area contributed by atoms with Crippen LogP contribution in [0.3, 0.4) is 0 Å². The molecule has 1 aromatic carbocycles. The van der Waals surface area contributed by atoms with Crippen molar-refractivity contribution in [1.82, 2.24) is 4.90 Å². The van der Waals surface area contributed by atoms with Crippen LogP contribution in [-0.4, -0.2) is 47.7 Å². The van der Waals surface area contributed by atoms with Crippen molar-refractivity contribution < 1.29 is 23.8 Å². The first-order valence-electron chi connectivity index (χ1n) is 7.04. The summed E-state index contributed by atoms with van der Waals surface area (Å²) in [7, 11) is 0. The highest BCUT2D eigenvalue weighted by atomic mass is 79.9. The lowest BCUT2D eigenvalue weighted by molar-refractivity contribution is -0.137. The molecule has 0 saturated carbocycles. The number of amides is 1. The Morgan fingerprint density at radius 2 is 2.18 bits per heavy atom. The number of hydrogen-bond donors (Lipinski definition) is 1. The van der Waals surface area contributed by atoms with Gasteiger partial charge in [0.25, 0.3) is 5.91 Å². The molecule has 1 saturated heterocycles. The number of carbonyl (C=O) groups is 2. The van der Waals surface area contributed by atoms with Crippen LogP contribution >= 0.6 is 15.9 Å². The van der Waals surface area contributed by atoms with Gasteiger partial charge in [-0.25, -0.2) is 4.39 Å². The Morgan fingerprint density at radius 3 is 2.77 bits per heavy atom. The summed E-state index contributed by atoms with van der Waals surface area (Å²) in [6, 6.07) is 3.93. The minimum Gasteiger partial charge on any atom is -0.481 e. The Balaban J connectivity index is 2.14. The minimum atomic E-state index is -0.981. The van der Waals surface area contributed by atoms with E-state index in [1.54, 1.807) is 0 Å². The van der Waals surface area contributed by atoms with Gasteiger partial charge in [0, 0.05) is 29.7 Å². The third-order valence-corrected chi connectivity index (χ3v) is 3.90. The van der Waals surface area contributed by atoms with Crippen molar-refractivity contribution in [1.29, 1.82) is 0 Å². The van der Waals surface area contributed by atoms with Crippen molar-refractivity contribution in [3.63, 3.8) is 0 Å².